The lowest BCUT2D eigenvalue weighted by atomic mass is 10.2. The highest BCUT2D eigenvalue weighted by Gasteiger charge is 2.23. The lowest BCUT2D eigenvalue weighted by molar-refractivity contribution is -0.130. The van der Waals surface area contributed by atoms with Crippen LogP contribution in [0.15, 0.2) is 29.3 Å². The summed E-state index contributed by atoms with van der Waals surface area (Å²) in [6, 6.07) is 7.81. The number of hydrogen-bond donors (Lipinski definition) is 1. The molecule has 0 saturated carbocycles. The molecule has 0 radical (unpaired) electrons. The largest absolute Gasteiger partial charge is 0.368 e. The van der Waals surface area contributed by atoms with E-state index in [1.807, 2.05) is 41.0 Å². The molecule has 2 heterocycles. The molecule has 2 saturated heterocycles. The highest BCUT2D eigenvalue weighted by atomic mass is 35.5. The zero-order chi connectivity index (χ0) is 21.5. The van der Waals surface area contributed by atoms with E-state index in [4.69, 9.17) is 11.6 Å². The monoisotopic (exact) mass is 434 g/mol. The predicted molar refractivity (Wildman–Crippen MR) is 120 cm³/mol. The van der Waals surface area contributed by atoms with Gasteiger partial charge in [0.05, 0.1) is 0 Å². The van der Waals surface area contributed by atoms with Crippen molar-refractivity contribution in [3.63, 3.8) is 0 Å². The van der Waals surface area contributed by atoms with Crippen LogP contribution in [0.1, 0.15) is 13.8 Å². The summed E-state index contributed by atoms with van der Waals surface area (Å²) in [5.41, 5.74) is 1.13. The van der Waals surface area contributed by atoms with Crippen LogP contribution in [0.5, 0.6) is 0 Å². The average Bonchev–Trinajstić information content (AvgIpc) is 2.77. The van der Waals surface area contributed by atoms with Gasteiger partial charge in [-0.05, 0) is 31.2 Å². The summed E-state index contributed by atoms with van der Waals surface area (Å²) >= 11 is 5.97. The molecule has 0 spiro atoms. The topological polar surface area (TPSA) is 71.5 Å². The molecule has 2 aliphatic heterocycles. The van der Waals surface area contributed by atoms with Gasteiger partial charge in [0.15, 0.2) is 5.96 Å². The van der Waals surface area contributed by atoms with Gasteiger partial charge in [-0.2, -0.15) is 0 Å². The molecule has 164 valence electrons. The van der Waals surface area contributed by atoms with Crippen molar-refractivity contribution in [2.75, 3.05) is 70.3 Å². The summed E-state index contributed by atoms with van der Waals surface area (Å²) in [6.45, 7) is 10.2. The Morgan fingerprint density at radius 1 is 0.933 bits per heavy atom. The minimum absolute atomic E-state index is 0.0449. The van der Waals surface area contributed by atoms with Crippen molar-refractivity contribution < 1.29 is 9.59 Å². The van der Waals surface area contributed by atoms with Crippen LogP contribution in [0.4, 0.5) is 5.69 Å². The normalized spacial score (nSPS) is 17.9. The maximum absolute atomic E-state index is 12.7. The molecule has 1 aromatic carbocycles. The second kappa shape index (κ2) is 10.5. The van der Waals surface area contributed by atoms with Crippen molar-refractivity contribution in [2.45, 2.75) is 13.8 Å². The van der Waals surface area contributed by atoms with Gasteiger partial charge in [-0.25, -0.2) is 4.99 Å². The van der Waals surface area contributed by atoms with E-state index in [9.17, 15) is 9.59 Å². The maximum atomic E-state index is 12.7. The maximum Gasteiger partial charge on any atom is 0.244 e. The Hall–Kier alpha value is -2.48. The number of carbonyl (C=O) groups is 2. The number of hydrogen-bond acceptors (Lipinski definition) is 4. The van der Waals surface area contributed by atoms with E-state index in [0.29, 0.717) is 26.2 Å². The molecule has 2 amide bonds. The molecular formula is C21H31ClN6O2. The Morgan fingerprint density at radius 2 is 1.50 bits per heavy atom. The van der Waals surface area contributed by atoms with Gasteiger partial charge in [0, 0.05) is 76.5 Å². The van der Waals surface area contributed by atoms with Crippen molar-refractivity contribution in [1.82, 2.24) is 20.0 Å². The van der Waals surface area contributed by atoms with Gasteiger partial charge in [0.25, 0.3) is 0 Å². The van der Waals surface area contributed by atoms with Crippen LogP contribution in [-0.4, -0.2) is 97.9 Å². The van der Waals surface area contributed by atoms with E-state index < -0.39 is 0 Å². The zero-order valence-corrected chi connectivity index (χ0v) is 18.6. The molecule has 0 atom stereocenters. The number of carbonyl (C=O) groups excluding carboxylic acids is 2. The van der Waals surface area contributed by atoms with Crippen molar-refractivity contribution >= 4 is 35.1 Å². The van der Waals surface area contributed by atoms with Gasteiger partial charge in [-0.15, -0.1) is 0 Å². The number of rotatable bonds is 4. The van der Waals surface area contributed by atoms with Crippen molar-refractivity contribution in [2.24, 2.45) is 4.99 Å². The van der Waals surface area contributed by atoms with Crippen molar-refractivity contribution in [3.8, 4) is 0 Å². The second-order valence-electron chi connectivity index (χ2n) is 7.51. The summed E-state index contributed by atoms with van der Waals surface area (Å²) in [7, 11) is 0. The molecule has 8 nitrogen and oxygen atoms in total. The summed E-state index contributed by atoms with van der Waals surface area (Å²) in [4.78, 5) is 36.9. The molecule has 0 unspecified atom stereocenters. The number of anilines is 1. The number of benzene rings is 1. The first kappa shape index (κ1) is 22.2. The van der Waals surface area contributed by atoms with Crippen molar-refractivity contribution in [1.29, 1.82) is 0 Å². The van der Waals surface area contributed by atoms with E-state index in [1.54, 1.807) is 6.92 Å². The van der Waals surface area contributed by atoms with E-state index in [2.05, 4.69) is 20.1 Å². The Bertz CT molecular complexity index is 753. The summed E-state index contributed by atoms with van der Waals surface area (Å²) in [6.07, 6.45) is 0. The van der Waals surface area contributed by atoms with Gasteiger partial charge in [0.1, 0.15) is 6.54 Å². The van der Waals surface area contributed by atoms with Crippen LogP contribution < -0.4 is 10.2 Å². The molecule has 30 heavy (non-hydrogen) atoms. The number of halogens is 1. The number of guanidine groups is 1. The molecule has 9 heteroatoms. The molecule has 3 rings (SSSR count). The summed E-state index contributed by atoms with van der Waals surface area (Å²) < 4.78 is 0. The predicted octanol–water partition coefficient (Wildman–Crippen LogP) is 1.12. The number of nitrogens with one attached hydrogen (secondary N) is 1. The molecule has 0 bridgehead atoms. The van der Waals surface area contributed by atoms with Gasteiger partial charge >= 0.3 is 0 Å². The van der Waals surface area contributed by atoms with E-state index >= 15 is 0 Å². The first-order chi connectivity index (χ1) is 14.5. The Balaban J connectivity index is 1.51. The standard InChI is InChI=1S/C21H31ClN6O2/c1-3-23-21(28-14-8-25(9-15-28)17(2)29)24-16-20(30)27-12-10-26(11-13-27)19-6-4-18(22)5-7-19/h4-7H,3,8-16H2,1-2H3,(H,23,24). The molecule has 2 fully saturated rings. The van der Waals surface area contributed by atoms with Crippen LogP contribution in [-0.2, 0) is 9.59 Å². The average molecular weight is 435 g/mol. The minimum Gasteiger partial charge on any atom is -0.368 e. The fourth-order valence-corrected chi connectivity index (χ4v) is 3.89. The minimum atomic E-state index is 0.0449. The van der Waals surface area contributed by atoms with Gasteiger partial charge in [0.2, 0.25) is 11.8 Å². The number of piperazine rings is 2. The van der Waals surface area contributed by atoms with Crippen LogP contribution in [0, 0.1) is 0 Å². The summed E-state index contributed by atoms with van der Waals surface area (Å²) in [5.74, 6) is 0.891. The van der Waals surface area contributed by atoms with Gasteiger partial charge in [-0.3, -0.25) is 9.59 Å². The van der Waals surface area contributed by atoms with Crippen LogP contribution in [0.2, 0.25) is 5.02 Å². The van der Waals surface area contributed by atoms with Crippen molar-refractivity contribution in [3.05, 3.63) is 29.3 Å². The quantitative estimate of drug-likeness (QED) is 0.568. The first-order valence-corrected chi connectivity index (χ1v) is 10.9. The molecule has 0 aliphatic carbocycles. The third-order valence-electron chi connectivity index (χ3n) is 5.55. The first-order valence-electron chi connectivity index (χ1n) is 10.5. The third kappa shape index (κ3) is 5.78. The van der Waals surface area contributed by atoms with E-state index in [-0.39, 0.29) is 18.4 Å². The number of nitrogens with zero attached hydrogens (tertiary/aromatic N) is 5. The highest BCUT2D eigenvalue weighted by molar-refractivity contribution is 6.30. The Kier molecular flexibility index (Phi) is 7.79. The number of amides is 2. The van der Waals surface area contributed by atoms with Crippen LogP contribution in [0.3, 0.4) is 0 Å². The SMILES string of the molecule is CCNC(=NCC(=O)N1CCN(c2ccc(Cl)cc2)CC1)N1CCN(C(C)=O)CC1. The summed E-state index contributed by atoms with van der Waals surface area (Å²) in [5, 5.41) is 4.00. The third-order valence-corrected chi connectivity index (χ3v) is 5.80. The molecule has 0 aromatic heterocycles. The van der Waals surface area contributed by atoms with Gasteiger partial charge in [-0.1, -0.05) is 11.6 Å². The second-order valence-corrected chi connectivity index (χ2v) is 7.94. The van der Waals surface area contributed by atoms with E-state index in [0.717, 1.165) is 49.4 Å². The fourth-order valence-electron chi connectivity index (χ4n) is 3.77. The van der Waals surface area contributed by atoms with Gasteiger partial charge < -0.3 is 24.9 Å². The van der Waals surface area contributed by atoms with E-state index in [1.165, 1.54) is 0 Å². The Morgan fingerprint density at radius 3 is 2.07 bits per heavy atom. The Labute approximate surface area is 183 Å². The highest BCUT2D eigenvalue weighted by Crippen LogP contribution is 2.19. The lowest BCUT2D eigenvalue weighted by Gasteiger charge is -2.37. The molecule has 1 N–H and O–H groups in total. The van der Waals surface area contributed by atoms with Crippen LogP contribution in [0.25, 0.3) is 0 Å². The lowest BCUT2D eigenvalue weighted by Crippen LogP contribution is -2.54. The molecular weight excluding hydrogens is 404 g/mol. The zero-order valence-electron chi connectivity index (χ0n) is 17.8. The smallest absolute Gasteiger partial charge is 0.244 e. The number of aliphatic imine (C=N–C) groups is 1. The molecule has 1 aromatic rings. The fraction of sp³-hybridized carbons (Fsp3) is 0.571. The molecule has 2 aliphatic rings. The van der Waals surface area contributed by atoms with Crippen LogP contribution >= 0.6 is 11.6 Å².